The number of nitrogens with one attached hydrogen (secondary N) is 2. The third-order valence-electron chi connectivity index (χ3n) is 5.33. The molecule has 1 aliphatic heterocycles. The number of hydrogen-bond donors (Lipinski definition) is 2. The van der Waals surface area contributed by atoms with E-state index in [1.54, 1.807) is 18.2 Å². The average Bonchev–Trinajstić information content (AvgIpc) is 2.73. The lowest BCUT2D eigenvalue weighted by molar-refractivity contribution is 0.0620. The first-order valence-corrected chi connectivity index (χ1v) is 10.6. The van der Waals surface area contributed by atoms with Crippen molar-refractivity contribution in [2.45, 2.75) is 46.1 Å². The standard InChI is InChI=1S/C25H26N4O3/c1-5-16-6-8-18(28-23-10-15(2)26-14-27-23)12-20(16)29-24(31)17-7-9-22-19(11-17)21(30)13-25(3,4)32-22/h6-12,14H,5,13H2,1-4H3,(H,29,31)(H,26,27,28). The molecule has 0 atom stereocenters. The second kappa shape index (κ2) is 8.42. The molecule has 2 aromatic carbocycles. The molecule has 0 spiro atoms. The topological polar surface area (TPSA) is 93.2 Å². The second-order valence-corrected chi connectivity index (χ2v) is 8.52. The molecule has 7 heteroatoms. The van der Waals surface area contributed by atoms with Crippen LogP contribution in [-0.4, -0.2) is 27.3 Å². The minimum atomic E-state index is -0.542. The van der Waals surface area contributed by atoms with Gasteiger partial charge >= 0.3 is 0 Å². The van der Waals surface area contributed by atoms with Crippen molar-refractivity contribution in [1.82, 2.24) is 9.97 Å². The van der Waals surface area contributed by atoms with Crippen molar-refractivity contribution in [3.63, 3.8) is 0 Å². The van der Waals surface area contributed by atoms with Gasteiger partial charge in [-0.3, -0.25) is 9.59 Å². The van der Waals surface area contributed by atoms with Crippen LogP contribution in [0.5, 0.6) is 5.75 Å². The number of ketones is 1. The van der Waals surface area contributed by atoms with Crippen LogP contribution in [-0.2, 0) is 6.42 Å². The highest BCUT2D eigenvalue weighted by Crippen LogP contribution is 2.34. The molecular formula is C25H26N4O3. The Bertz CT molecular complexity index is 1200. The molecule has 4 rings (SSSR count). The summed E-state index contributed by atoms with van der Waals surface area (Å²) in [4.78, 5) is 33.9. The number of ether oxygens (including phenoxy) is 1. The molecule has 0 aliphatic carbocycles. The zero-order valence-electron chi connectivity index (χ0n) is 18.7. The van der Waals surface area contributed by atoms with E-state index in [4.69, 9.17) is 4.74 Å². The second-order valence-electron chi connectivity index (χ2n) is 8.52. The van der Waals surface area contributed by atoms with Crippen LogP contribution in [0.1, 0.15) is 59.2 Å². The van der Waals surface area contributed by atoms with Gasteiger partial charge in [0.25, 0.3) is 5.91 Å². The first-order chi connectivity index (χ1) is 15.2. The maximum Gasteiger partial charge on any atom is 0.255 e. The van der Waals surface area contributed by atoms with Crippen molar-refractivity contribution in [3.05, 3.63) is 71.2 Å². The highest BCUT2D eigenvalue weighted by Gasteiger charge is 2.32. The van der Waals surface area contributed by atoms with Gasteiger partial charge in [0.05, 0.1) is 12.0 Å². The molecule has 3 aromatic rings. The zero-order chi connectivity index (χ0) is 22.9. The Morgan fingerprint density at radius 2 is 1.94 bits per heavy atom. The number of benzene rings is 2. The van der Waals surface area contributed by atoms with Crippen molar-refractivity contribution in [1.29, 1.82) is 0 Å². The van der Waals surface area contributed by atoms with Crippen molar-refractivity contribution in [2.24, 2.45) is 0 Å². The number of carbonyl (C=O) groups is 2. The van der Waals surface area contributed by atoms with Crippen molar-refractivity contribution < 1.29 is 14.3 Å². The van der Waals surface area contributed by atoms with Gasteiger partial charge in [0.1, 0.15) is 23.5 Å². The first kappa shape index (κ1) is 21.5. The predicted octanol–water partition coefficient (Wildman–Crippen LogP) is 5.09. The molecule has 0 bridgehead atoms. The summed E-state index contributed by atoms with van der Waals surface area (Å²) in [5, 5.41) is 6.23. The molecule has 0 saturated heterocycles. The van der Waals surface area contributed by atoms with E-state index in [0.717, 1.165) is 23.4 Å². The van der Waals surface area contributed by atoms with Gasteiger partial charge in [-0.25, -0.2) is 9.97 Å². The van der Waals surface area contributed by atoms with Gasteiger partial charge in [0.15, 0.2) is 5.78 Å². The average molecular weight is 431 g/mol. The Kier molecular flexibility index (Phi) is 5.65. The lowest BCUT2D eigenvalue weighted by Gasteiger charge is -2.31. The number of anilines is 3. The van der Waals surface area contributed by atoms with E-state index >= 15 is 0 Å². The smallest absolute Gasteiger partial charge is 0.255 e. The fourth-order valence-electron chi connectivity index (χ4n) is 3.74. The SMILES string of the molecule is CCc1ccc(Nc2cc(C)ncn2)cc1NC(=O)c1ccc2c(c1)C(=O)CC(C)(C)O2. The van der Waals surface area contributed by atoms with E-state index in [-0.39, 0.29) is 18.1 Å². The van der Waals surface area contributed by atoms with Crippen LogP contribution in [0.2, 0.25) is 0 Å². The van der Waals surface area contributed by atoms with Crippen molar-refractivity contribution >= 4 is 28.9 Å². The summed E-state index contributed by atoms with van der Waals surface area (Å²) >= 11 is 0. The number of aryl methyl sites for hydroxylation is 2. The van der Waals surface area contributed by atoms with E-state index in [9.17, 15) is 9.59 Å². The van der Waals surface area contributed by atoms with Crippen LogP contribution in [0.15, 0.2) is 48.8 Å². The Hall–Kier alpha value is -3.74. The molecule has 2 N–H and O–H groups in total. The molecule has 1 aliphatic rings. The summed E-state index contributed by atoms with van der Waals surface area (Å²) in [5.74, 6) is 0.889. The highest BCUT2D eigenvalue weighted by atomic mass is 16.5. The molecule has 0 unspecified atom stereocenters. The normalized spacial score (nSPS) is 14.3. The molecule has 7 nitrogen and oxygen atoms in total. The largest absolute Gasteiger partial charge is 0.487 e. The Morgan fingerprint density at radius 1 is 1.12 bits per heavy atom. The fourth-order valence-corrected chi connectivity index (χ4v) is 3.74. The minimum absolute atomic E-state index is 0.0218. The number of hydrogen-bond acceptors (Lipinski definition) is 6. The van der Waals surface area contributed by atoms with Crippen LogP contribution in [0.25, 0.3) is 0 Å². The molecule has 32 heavy (non-hydrogen) atoms. The number of amides is 1. The Labute approximate surface area is 187 Å². The van der Waals surface area contributed by atoms with Crippen molar-refractivity contribution in [2.75, 3.05) is 10.6 Å². The molecular weight excluding hydrogens is 404 g/mol. The first-order valence-electron chi connectivity index (χ1n) is 10.6. The summed E-state index contributed by atoms with van der Waals surface area (Å²) in [6.07, 6.45) is 2.54. The van der Waals surface area contributed by atoms with Crippen LogP contribution in [0, 0.1) is 6.92 Å². The van der Waals surface area contributed by atoms with Crippen LogP contribution in [0.3, 0.4) is 0 Å². The number of aromatic nitrogens is 2. The van der Waals surface area contributed by atoms with Gasteiger partial charge in [0.2, 0.25) is 0 Å². The van der Waals surface area contributed by atoms with E-state index in [0.29, 0.717) is 28.4 Å². The van der Waals surface area contributed by atoms with Crippen LogP contribution < -0.4 is 15.4 Å². The van der Waals surface area contributed by atoms with Gasteiger partial charge in [-0.1, -0.05) is 13.0 Å². The number of Topliss-reactive ketones (excluding diaryl/α,β-unsaturated/α-hetero) is 1. The highest BCUT2D eigenvalue weighted by molar-refractivity contribution is 6.08. The zero-order valence-corrected chi connectivity index (χ0v) is 18.7. The molecule has 0 radical (unpaired) electrons. The minimum Gasteiger partial charge on any atom is -0.487 e. The van der Waals surface area contributed by atoms with E-state index in [1.807, 2.05) is 52.0 Å². The summed E-state index contributed by atoms with van der Waals surface area (Å²) in [6.45, 7) is 7.69. The number of rotatable bonds is 5. The van der Waals surface area contributed by atoms with E-state index < -0.39 is 5.60 Å². The van der Waals surface area contributed by atoms with Crippen molar-refractivity contribution in [3.8, 4) is 5.75 Å². The number of nitrogens with zero attached hydrogens (tertiary/aromatic N) is 2. The number of fused-ring (bicyclic) bond motifs is 1. The summed E-state index contributed by atoms with van der Waals surface area (Å²) in [6, 6.07) is 12.6. The molecule has 164 valence electrons. The van der Waals surface area contributed by atoms with Crippen LogP contribution >= 0.6 is 0 Å². The summed E-state index contributed by atoms with van der Waals surface area (Å²) in [7, 11) is 0. The van der Waals surface area contributed by atoms with Gasteiger partial charge in [-0.2, -0.15) is 0 Å². The predicted molar refractivity (Wildman–Crippen MR) is 124 cm³/mol. The van der Waals surface area contributed by atoms with Gasteiger partial charge < -0.3 is 15.4 Å². The lowest BCUT2D eigenvalue weighted by atomic mass is 9.92. The molecule has 2 heterocycles. The van der Waals surface area contributed by atoms with Gasteiger partial charge in [-0.15, -0.1) is 0 Å². The summed E-state index contributed by atoms with van der Waals surface area (Å²) in [5.41, 5.74) is 3.67. The molecule has 1 aromatic heterocycles. The number of carbonyl (C=O) groups excluding carboxylic acids is 2. The third-order valence-corrected chi connectivity index (χ3v) is 5.33. The molecule has 0 fully saturated rings. The van der Waals surface area contributed by atoms with E-state index in [1.165, 1.54) is 6.33 Å². The monoisotopic (exact) mass is 430 g/mol. The third kappa shape index (κ3) is 4.61. The summed E-state index contributed by atoms with van der Waals surface area (Å²) < 4.78 is 5.89. The quantitative estimate of drug-likeness (QED) is 0.586. The molecule has 0 saturated carbocycles. The van der Waals surface area contributed by atoms with E-state index in [2.05, 4.69) is 20.6 Å². The van der Waals surface area contributed by atoms with Gasteiger partial charge in [-0.05, 0) is 63.1 Å². The Morgan fingerprint density at radius 3 is 2.69 bits per heavy atom. The van der Waals surface area contributed by atoms with Gasteiger partial charge in [0, 0.05) is 28.7 Å². The maximum atomic E-state index is 13.0. The maximum absolute atomic E-state index is 13.0. The molecule has 1 amide bonds. The lowest BCUT2D eigenvalue weighted by Crippen LogP contribution is -2.36. The fraction of sp³-hybridized carbons (Fsp3) is 0.280. The Balaban J connectivity index is 1.57. The van der Waals surface area contributed by atoms with Crippen LogP contribution in [0.4, 0.5) is 17.2 Å².